The molecule has 0 spiro atoms. The van der Waals surface area contributed by atoms with E-state index in [0.29, 0.717) is 11.3 Å². The van der Waals surface area contributed by atoms with Crippen molar-refractivity contribution in [1.29, 1.82) is 0 Å². The Balaban J connectivity index is 2.46. The number of halogens is 1. The van der Waals surface area contributed by atoms with Crippen molar-refractivity contribution in [2.45, 2.75) is 18.6 Å². The Morgan fingerprint density at radius 3 is 2.68 bits per heavy atom. The number of aromatic nitrogens is 2. The van der Waals surface area contributed by atoms with Crippen LogP contribution < -0.4 is 9.64 Å². The van der Waals surface area contributed by atoms with Crippen molar-refractivity contribution in [3.8, 4) is 5.75 Å². The number of benzene rings is 1. The summed E-state index contributed by atoms with van der Waals surface area (Å²) < 4.78 is 14.9. The molecule has 13 heteroatoms. The first-order valence-corrected chi connectivity index (χ1v) is 10.4. The maximum atomic E-state index is 12.7. The summed E-state index contributed by atoms with van der Waals surface area (Å²) in [7, 11) is 1.24. The van der Waals surface area contributed by atoms with Gasteiger partial charge in [-0.25, -0.2) is 14.6 Å². The molecule has 1 heterocycles. The molecule has 2 aromatic rings. The van der Waals surface area contributed by atoms with E-state index < -0.39 is 27.8 Å². The summed E-state index contributed by atoms with van der Waals surface area (Å²) in [6.07, 6.45) is 0.811. The number of hydrogen-bond donors (Lipinski definition) is 0. The van der Waals surface area contributed by atoms with E-state index in [9.17, 15) is 19.7 Å². The second-order valence-electron chi connectivity index (χ2n) is 5.73. The molecule has 0 saturated carbocycles. The Labute approximate surface area is 186 Å². The quantitative estimate of drug-likeness (QED) is 0.134. The first-order chi connectivity index (χ1) is 14.8. The Kier molecular flexibility index (Phi) is 8.82. The maximum absolute atomic E-state index is 12.7. The Hall–Kier alpha value is -3.12. The van der Waals surface area contributed by atoms with Gasteiger partial charge >= 0.3 is 17.7 Å². The lowest BCUT2D eigenvalue weighted by Gasteiger charge is -2.21. The first kappa shape index (κ1) is 24.2. The van der Waals surface area contributed by atoms with Crippen LogP contribution >= 0.6 is 23.4 Å². The predicted octanol–water partition coefficient (Wildman–Crippen LogP) is 3.48. The van der Waals surface area contributed by atoms with Gasteiger partial charge in [-0.05, 0) is 30.9 Å². The molecule has 0 aliphatic rings. The van der Waals surface area contributed by atoms with Crippen molar-refractivity contribution in [2.75, 3.05) is 31.5 Å². The van der Waals surface area contributed by atoms with Gasteiger partial charge in [0.15, 0.2) is 11.8 Å². The normalized spacial score (nSPS) is 10.3. The molecule has 0 unspecified atom stereocenters. The standard InChI is InChI=1S/C18H19ClN4O7S/c1-4-29-18(25)22(16-14(23(26)27)15(19)20-17(21-16)31-3)9-11-6-5-7-12(8-11)30-10-13(24)28-2/h5-8H,4,9-10H2,1-3H3. The number of nitro groups is 1. The van der Waals surface area contributed by atoms with Gasteiger partial charge in [-0.15, -0.1) is 0 Å². The van der Waals surface area contributed by atoms with Gasteiger partial charge < -0.3 is 14.2 Å². The third kappa shape index (κ3) is 6.43. The summed E-state index contributed by atoms with van der Waals surface area (Å²) in [5, 5.41) is 11.4. The highest BCUT2D eigenvalue weighted by Crippen LogP contribution is 2.35. The highest BCUT2D eigenvalue weighted by Gasteiger charge is 2.32. The van der Waals surface area contributed by atoms with Crippen molar-refractivity contribution in [3.05, 3.63) is 45.1 Å². The minimum absolute atomic E-state index is 0.0413. The minimum Gasteiger partial charge on any atom is -0.482 e. The van der Waals surface area contributed by atoms with Crippen molar-refractivity contribution >= 4 is 46.9 Å². The zero-order valence-electron chi connectivity index (χ0n) is 16.9. The lowest BCUT2D eigenvalue weighted by molar-refractivity contribution is -0.384. The van der Waals surface area contributed by atoms with Crippen LogP contribution in [0.2, 0.25) is 5.15 Å². The van der Waals surface area contributed by atoms with Gasteiger partial charge in [0.2, 0.25) is 11.0 Å². The van der Waals surface area contributed by atoms with Gasteiger partial charge in [0, 0.05) is 0 Å². The maximum Gasteiger partial charge on any atom is 0.415 e. The molecule has 0 saturated heterocycles. The van der Waals surface area contributed by atoms with Gasteiger partial charge in [0.1, 0.15) is 5.75 Å². The van der Waals surface area contributed by atoms with Crippen LogP contribution in [0.1, 0.15) is 12.5 Å². The molecule has 11 nitrogen and oxygen atoms in total. The fourth-order valence-electron chi connectivity index (χ4n) is 2.38. The van der Waals surface area contributed by atoms with Gasteiger partial charge in [-0.3, -0.25) is 15.0 Å². The van der Waals surface area contributed by atoms with Crippen LogP contribution in [0.4, 0.5) is 16.3 Å². The molecule has 0 aliphatic carbocycles. The average molecular weight is 471 g/mol. The Morgan fingerprint density at radius 1 is 1.32 bits per heavy atom. The van der Waals surface area contributed by atoms with E-state index in [-0.39, 0.29) is 30.7 Å². The fraction of sp³-hybridized carbons (Fsp3) is 0.333. The smallest absolute Gasteiger partial charge is 0.415 e. The van der Waals surface area contributed by atoms with E-state index in [0.717, 1.165) is 16.7 Å². The summed E-state index contributed by atoms with van der Waals surface area (Å²) in [5.41, 5.74) is -0.0873. The first-order valence-electron chi connectivity index (χ1n) is 8.79. The molecule has 1 aromatic heterocycles. The summed E-state index contributed by atoms with van der Waals surface area (Å²) in [6, 6.07) is 6.48. The molecular weight excluding hydrogens is 452 g/mol. The highest BCUT2D eigenvalue weighted by atomic mass is 35.5. The van der Waals surface area contributed by atoms with E-state index in [4.69, 9.17) is 21.1 Å². The molecule has 0 fully saturated rings. The van der Waals surface area contributed by atoms with Crippen molar-refractivity contribution in [1.82, 2.24) is 9.97 Å². The van der Waals surface area contributed by atoms with Crippen LogP contribution in [0.5, 0.6) is 5.75 Å². The molecule has 0 aliphatic heterocycles. The van der Waals surface area contributed by atoms with E-state index in [1.807, 2.05) is 0 Å². The van der Waals surface area contributed by atoms with Crippen LogP contribution in [-0.2, 0) is 20.8 Å². The molecule has 0 atom stereocenters. The number of thioether (sulfide) groups is 1. The van der Waals surface area contributed by atoms with E-state index in [2.05, 4.69) is 14.7 Å². The second kappa shape index (κ2) is 11.3. The molecule has 1 aromatic carbocycles. The Bertz CT molecular complexity index is 976. The summed E-state index contributed by atoms with van der Waals surface area (Å²) in [6.45, 7) is 1.20. The van der Waals surface area contributed by atoms with Crippen LogP contribution in [-0.4, -0.2) is 53.5 Å². The van der Waals surface area contributed by atoms with Crippen molar-refractivity contribution < 1.29 is 28.7 Å². The molecule has 31 heavy (non-hydrogen) atoms. The van der Waals surface area contributed by atoms with Gasteiger partial charge in [0.05, 0.1) is 25.2 Å². The summed E-state index contributed by atoms with van der Waals surface area (Å²) in [4.78, 5) is 43.8. The number of rotatable bonds is 9. The number of carbonyl (C=O) groups is 2. The SMILES string of the molecule is CCOC(=O)N(Cc1cccc(OCC(=O)OC)c1)c1nc(SC)nc(Cl)c1[N+](=O)[O-]. The summed E-state index contributed by atoms with van der Waals surface area (Å²) in [5.74, 6) is -0.519. The Morgan fingerprint density at radius 2 is 2.06 bits per heavy atom. The van der Waals surface area contributed by atoms with Crippen LogP contribution in [0.3, 0.4) is 0 Å². The number of anilines is 1. The highest BCUT2D eigenvalue weighted by molar-refractivity contribution is 7.98. The lowest BCUT2D eigenvalue weighted by Crippen LogP contribution is -2.32. The number of carbonyl (C=O) groups excluding carboxylic acids is 2. The third-order valence-corrected chi connectivity index (χ3v) is 4.55. The van der Waals surface area contributed by atoms with Crippen LogP contribution in [0, 0.1) is 10.1 Å². The topological polar surface area (TPSA) is 134 Å². The number of amides is 1. The average Bonchev–Trinajstić information content (AvgIpc) is 2.75. The molecular formula is C18H19ClN4O7S. The van der Waals surface area contributed by atoms with Crippen molar-refractivity contribution in [2.24, 2.45) is 0 Å². The van der Waals surface area contributed by atoms with E-state index >= 15 is 0 Å². The zero-order valence-corrected chi connectivity index (χ0v) is 18.4. The van der Waals surface area contributed by atoms with Crippen LogP contribution in [0.15, 0.2) is 29.4 Å². The molecule has 0 bridgehead atoms. The molecule has 0 radical (unpaired) electrons. The monoisotopic (exact) mass is 470 g/mol. The van der Waals surface area contributed by atoms with Crippen LogP contribution in [0.25, 0.3) is 0 Å². The van der Waals surface area contributed by atoms with E-state index in [1.54, 1.807) is 37.4 Å². The van der Waals surface area contributed by atoms with Crippen molar-refractivity contribution in [3.63, 3.8) is 0 Å². The number of methoxy groups -OCH3 is 1. The molecule has 2 rings (SSSR count). The third-order valence-electron chi connectivity index (χ3n) is 3.74. The zero-order chi connectivity index (χ0) is 23.0. The largest absolute Gasteiger partial charge is 0.482 e. The molecule has 1 amide bonds. The fourth-order valence-corrected chi connectivity index (χ4v) is 3.02. The predicted molar refractivity (Wildman–Crippen MR) is 113 cm³/mol. The number of esters is 1. The molecule has 166 valence electrons. The van der Waals surface area contributed by atoms with Gasteiger partial charge in [-0.2, -0.15) is 4.98 Å². The van der Waals surface area contributed by atoms with Gasteiger partial charge in [-0.1, -0.05) is 35.5 Å². The number of nitrogens with zero attached hydrogens (tertiary/aromatic N) is 4. The van der Waals surface area contributed by atoms with E-state index in [1.165, 1.54) is 7.11 Å². The molecule has 0 N–H and O–H groups in total. The minimum atomic E-state index is -0.853. The van der Waals surface area contributed by atoms with Gasteiger partial charge in [0.25, 0.3) is 0 Å². The number of ether oxygens (including phenoxy) is 3. The summed E-state index contributed by atoms with van der Waals surface area (Å²) >= 11 is 7.11. The number of hydrogen-bond acceptors (Lipinski definition) is 10. The lowest BCUT2D eigenvalue weighted by atomic mass is 10.2. The second-order valence-corrected chi connectivity index (χ2v) is 6.86.